The number of benzene rings is 3. The Balaban J connectivity index is 1.34. The van der Waals surface area contributed by atoms with E-state index < -0.39 is 90.0 Å². The normalized spacial score (nSPS) is 20.1. The summed E-state index contributed by atoms with van der Waals surface area (Å²) in [7, 11) is 1.34. The molecule has 7 nitrogen and oxygen atoms in total. The molecule has 1 saturated carbocycles. The zero-order valence-corrected chi connectivity index (χ0v) is 27.2. The molecule has 2 fully saturated rings. The number of likely N-dealkylation sites (tertiary alicyclic amines) is 1. The van der Waals surface area contributed by atoms with Crippen LogP contribution in [0.15, 0.2) is 65.5 Å². The molecule has 1 aliphatic heterocycles. The second-order valence-electron chi connectivity index (χ2n) is 13.4. The number of carboxylic acids is 1. The lowest BCUT2D eigenvalue weighted by Gasteiger charge is -2.43. The van der Waals surface area contributed by atoms with Gasteiger partial charge in [0.2, 0.25) is 11.8 Å². The Morgan fingerprint density at radius 1 is 0.902 bits per heavy atom. The molecule has 1 amide bonds. The van der Waals surface area contributed by atoms with Gasteiger partial charge in [0.1, 0.15) is 11.5 Å². The third kappa shape index (κ3) is 6.56. The van der Waals surface area contributed by atoms with Crippen LogP contribution in [-0.2, 0) is 29.2 Å². The predicted molar refractivity (Wildman–Crippen MR) is 172 cm³/mol. The fraction of sp³-hybridized carbons (Fsp3) is 0.417. The number of pyridine rings is 1. The number of carboxylic acid groups (broad SMARTS) is 1. The zero-order valence-electron chi connectivity index (χ0n) is 27.2. The van der Waals surface area contributed by atoms with Gasteiger partial charge in [0.15, 0.2) is 0 Å². The first-order valence-corrected chi connectivity index (χ1v) is 16.3. The Bertz CT molecular complexity index is 2070. The maximum Gasteiger partial charge on any atom is 0.417 e. The number of nitrogens with zero attached hydrogens (tertiary/aromatic N) is 2. The lowest BCUT2D eigenvalue weighted by molar-refractivity contribution is -0.234. The molecule has 2 heterocycles. The monoisotopic (exact) mass is 723 g/mol. The molecular weight excluding hydrogens is 690 g/mol. The van der Waals surface area contributed by atoms with Gasteiger partial charge in [0, 0.05) is 37.7 Å². The second-order valence-corrected chi connectivity index (χ2v) is 13.4. The van der Waals surface area contributed by atoms with Crippen molar-refractivity contribution in [3.63, 3.8) is 0 Å². The molecule has 1 aromatic heterocycles. The number of nitrogens with one attached hydrogen (secondary N) is 1. The van der Waals surface area contributed by atoms with Crippen LogP contribution in [0.4, 0.5) is 35.1 Å². The number of carbonyl (C=O) groups is 2. The molecule has 0 bridgehead atoms. The van der Waals surface area contributed by atoms with Crippen molar-refractivity contribution in [1.29, 1.82) is 0 Å². The average molecular weight is 724 g/mol. The van der Waals surface area contributed by atoms with E-state index in [-0.39, 0.29) is 58.7 Å². The van der Waals surface area contributed by atoms with Gasteiger partial charge in [-0.3, -0.25) is 9.59 Å². The summed E-state index contributed by atoms with van der Waals surface area (Å²) in [5.41, 5.74) is -5.53. The molecule has 2 aliphatic rings. The molecule has 15 heteroatoms. The SMILES string of the molecule is Cn1c(=O)c(-c2cccc3c(C[C@H](NC(=O)C4(C(F)(F)F)CCN([C@@H]5CCC(F)(F)C5)CC4)C(=O)O)cccc23)c(C(F)(F)F)c2ccccc21. The van der Waals surface area contributed by atoms with Gasteiger partial charge in [-0.2, -0.15) is 26.3 Å². The van der Waals surface area contributed by atoms with E-state index in [9.17, 15) is 54.6 Å². The lowest BCUT2D eigenvalue weighted by Crippen LogP contribution is -2.59. The molecule has 3 aromatic carbocycles. The first-order chi connectivity index (χ1) is 23.8. The Hall–Kier alpha value is -4.53. The van der Waals surface area contributed by atoms with Crippen molar-refractivity contribution >= 4 is 33.6 Å². The number of para-hydroxylation sites is 1. The van der Waals surface area contributed by atoms with E-state index in [4.69, 9.17) is 0 Å². The van der Waals surface area contributed by atoms with Gasteiger partial charge in [-0.1, -0.05) is 54.6 Å². The Kier molecular flexibility index (Phi) is 9.18. The van der Waals surface area contributed by atoms with E-state index in [0.29, 0.717) is 0 Å². The summed E-state index contributed by atoms with van der Waals surface area (Å²) in [4.78, 5) is 40.9. The van der Waals surface area contributed by atoms with Crippen molar-refractivity contribution in [1.82, 2.24) is 14.8 Å². The van der Waals surface area contributed by atoms with Gasteiger partial charge >= 0.3 is 18.3 Å². The summed E-state index contributed by atoms with van der Waals surface area (Å²) in [6.07, 6.45) is -12.8. The van der Waals surface area contributed by atoms with Crippen LogP contribution in [0, 0.1) is 5.41 Å². The first-order valence-electron chi connectivity index (χ1n) is 16.3. The maximum absolute atomic E-state index is 14.7. The summed E-state index contributed by atoms with van der Waals surface area (Å²) >= 11 is 0. The van der Waals surface area contributed by atoms with Crippen LogP contribution >= 0.6 is 0 Å². The molecule has 51 heavy (non-hydrogen) atoms. The topological polar surface area (TPSA) is 91.6 Å². The van der Waals surface area contributed by atoms with Crippen LogP contribution in [-0.4, -0.2) is 63.7 Å². The highest BCUT2D eigenvalue weighted by Crippen LogP contribution is 2.49. The lowest BCUT2D eigenvalue weighted by atomic mass is 9.76. The van der Waals surface area contributed by atoms with Gasteiger partial charge in [0.05, 0.1) is 16.6 Å². The molecule has 1 saturated heterocycles. The molecule has 0 radical (unpaired) electrons. The second kappa shape index (κ2) is 12.9. The molecule has 2 atom stereocenters. The Morgan fingerprint density at radius 3 is 2.14 bits per heavy atom. The number of alkyl halides is 8. The van der Waals surface area contributed by atoms with E-state index >= 15 is 0 Å². The fourth-order valence-electron chi connectivity index (χ4n) is 7.68. The van der Waals surface area contributed by atoms with Crippen molar-refractivity contribution in [3.05, 3.63) is 82.1 Å². The van der Waals surface area contributed by atoms with Crippen LogP contribution in [0.5, 0.6) is 0 Å². The minimum absolute atomic E-state index is 0.0573. The van der Waals surface area contributed by atoms with Crippen LogP contribution in [0.25, 0.3) is 32.8 Å². The standard InChI is InChI=1S/C36H33F8N3O4/c1-46-27-11-3-2-7-25(27)29(35(39,40)41)28(30(46)48)24-10-5-8-22-20(6-4-9-23(22)24)18-26(31(49)50)45-32(51)33(36(42,43)44)14-16-47(17-15-33)21-12-13-34(37,38)19-21/h2-11,21,26H,12-19H2,1H3,(H,45,51)(H,49,50)/t21-,26+/m1/s1. The third-order valence-corrected chi connectivity index (χ3v) is 10.4. The van der Waals surface area contributed by atoms with Gasteiger partial charge in [-0.25, -0.2) is 13.6 Å². The van der Waals surface area contributed by atoms with Crippen LogP contribution in [0.3, 0.4) is 0 Å². The molecule has 0 spiro atoms. The quantitative estimate of drug-likeness (QED) is 0.195. The van der Waals surface area contributed by atoms with Crippen molar-refractivity contribution in [2.24, 2.45) is 12.5 Å². The highest BCUT2D eigenvalue weighted by Gasteiger charge is 2.61. The summed E-state index contributed by atoms with van der Waals surface area (Å²) in [5.74, 6) is -6.13. The van der Waals surface area contributed by atoms with E-state index in [0.717, 1.165) is 4.57 Å². The molecule has 6 rings (SSSR count). The third-order valence-electron chi connectivity index (χ3n) is 10.4. The van der Waals surface area contributed by atoms with E-state index in [1.165, 1.54) is 72.6 Å². The number of aliphatic carboxylic acids is 1. The van der Waals surface area contributed by atoms with Crippen LogP contribution in [0.2, 0.25) is 0 Å². The van der Waals surface area contributed by atoms with Crippen molar-refractivity contribution in [2.45, 2.75) is 68.9 Å². The highest BCUT2D eigenvalue weighted by molar-refractivity contribution is 6.02. The predicted octanol–water partition coefficient (Wildman–Crippen LogP) is 7.32. The van der Waals surface area contributed by atoms with Crippen molar-refractivity contribution in [2.75, 3.05) is 13.1 Å². The van der Waals surface area contributed by atoms with Gasteiger partial charge in [0.25, 0.3) is 5.56 Å². The number of rotatable bonds is 7. The number of amides is 1. The fourth-order valence-corrected chi connectivity index (χ4v) is 7.68. The Morgan fingerprint density at radius 2 is 1.53 bits per heavy atom. The Labute approximate surface area is 285 Å². The molecule has 1 aliphatic carbocycles. The largest absolute Gasteiger partial charge is 0.480 e. The number of fused-ring (bicyclic) bond motifs is 2. The number of hydrogen-bond donors (Lipinski definition) is 2. The molecule has 0 unspecified atom stereocenters. The van der Waals surface area contributed by atoms with Gasteiger partial charge < -0.3 is 19.9 Å². The van der Waals surface area contributed by atoms with E-state index in [1.54, 1.807) is 0 Å². The van der Waals surface area contributed by atoms with E-state index in [1.807, 2.05) is 0 Å². The van der Waals surface area contributed by atoms with Crippen LogP contribution in [0.1, 0.15) is 43.2 Å². The highest BCUT2D eigenvalue weighted by atomic mass is 19.4. The smallest absolute Gasteiger partial charge is 0.417 e. The number of hydrogen-bond acceptors (Lipinski definition) is 4. The minimum Gasteiger partial charge on any atom is -0.480 e. The van der Waals surface area contributed by atoms with Crippen molar-refractivity contribution in [3.8, 4) is 11.1 Å². The maximum atomic E-state index is 14.7. The summed E-state index contributed by atoms with van der Waals surface area (Å²) in [5, 5.41) is 12.3. The molecule has 2 N–H and O–H groups in total. The number of aryl methyl sites for hydroxylation is 1. The number of aromatic nitrogens is 1. The summed E-state index contributed by atoms with van der Waals surface area (Å²) in [6.45, 7) is -0.572. The van der Waals surface area contributed by atoms with Gasteiger partial charge in [-0.05, 0) is 60.3 Å². The average Bonchev–Trinajstić information content (AvgIpc) is 3.44. The molecule has 272 valence electrons. The van der Waals surface area contributed by atoms with Crippen molar-refractivity contribution < 1.29 is 49.8 Å². The number of carbonyl (C=O) groups excluding carboxylic acids is 1. The van der Waals surface area contributed by atoms with E-state index in [2.05, 4.69) is 5.32 Å². The summed E-state index contributed by atoms with van der Waals surface area (Å²) < 4.78 is 116. The van der Waals surface area contributed by atoms with Crippen LogP contribution < -0.4 is 10.9 Å². The molecular formula is C36H33F8N3O4. The minimum atomic E-state index is -5.08. The first kappa shape index (κ1) is 36.3. The molecule has 4 aromatic rings. The number of piperidine rings is 1. The summed E-state index contributed by atoms with van der Waals surface area (Å²) in [6, 6.07) is 11.6. The zero-order chi connectivity index (χ0) is 37.1. The van der Waals surface area contributed by atoms with Gasteiger partial charge in [-0.15, -0.1) is 0 Å². The number of halogens is 8.